The second-order valence-corrected chi connectivity index (χ2v) is 6.53. The van der Waals surface area contributed by atoms with Gasteiger partial charge in [0.25, 0.3) is 0 Å². The van der Waals surface area contributed by atoms with Crippen LogP contribution in [0.3, 0.4) is 0 Å². The van der Waals surface area contributed by atoms with E-state index in [2.05, 4.69) is 40.5 Å². The van der Waals surface area contributed by atoms with E-state index in [0.29, 0.717) is 6.54 Å². The normalized spacial score (nSPS) is 15.8. The third-order valence-electron chi connectivity index (χ3n) is 4.73. The molecule has 2 aromatic rings. The number of hydrogen-bond donors (Lipinski definition) is 2. The Morgan fingerprint density at radius 2 is 1.89 bits per heavy atom. The van der Waals surface area contributed by atoms with E-state index in [9.17, 15) is 0 Å². The van der Waals surface area contributed by atoms with E-state index in [0.717, 1.165) is 63.3 Å². The Kier molecular flexibility index (Phi) is 6.97. The van der Waals surface area contributed by atoms with Crippen LogP contribution in [-0.2, 0) is 13.6 Å². The van der Waals surface area contributed by atoms with Crippen LogP contribution in [0.25, 0.3) is 0 Å². The highest BCUT2D eigenvalue weighted by Crippen LogP contribution is 2.09. The number of aliphatic imine (C=N–C) groups is 1. The predicted molar refractivity (Wildman–Crippen MR) is 107 cm³/mol. The fourth-order valence-electron chi connectivity index (χ4n) is 3.11. The van der Waals surface area contributed by atoms with E-state index in [4.69, 9.17) is 0 Å². The van der Waals surface area contributed by atoms with Crippen molar-refractivity contribution in [3.63, 3.8) is 0 Å². The van der Waals surface area contributed by atoms with Gasteiger partial charge in [0.1, 0.15) is 0 Å². The molecular weight excluding hydrogens is 342 g/mol. The zero-order chi connectivity index (χ0) is 18.9. The van der Waals surface area contributed by atoms with Crippen LogP contribution in [0.4, 0.5) is 5.95 Å². The summed E-state index contributed by atoms with van der Waals surface area (Å²) in [5, 5.41) is 10.9. The van der Waals surface area contributed by atoms with Crippen molar-refractivity contribution < 1.29 is 0 Å². The SMILES string of the molecule is CN=C(NCCCN1CCN(c2ncccn2)CC1)NCc1ccnn1C. The number of aromatic nitrogens is 4. The second kappa shape index (κ2) is 9.86. The van der Waals surface area contributed by atoms with Gasteiger partial charge in [-0.1, -0.05) is 0 Å². The van der Waals surface area contributed by atoms with E-state index in [1.54, 1.807) is 25.6 Å². The zero-order valence-corrected chi connectivity index (χ0v) is 16.2. The Morgan fingerprint density at radius 3 is 2.56 bits per heavy atom. The Labute approximate surface area is 160 Å². The Balaban J connectivity index is 1.30. The van der Waals surface area contributed by atoms with Crippen LogP contribution in [-0.4, -0.2) is 76.9 Å². The topological polar surface area (TPSA) is 86.5 Å². The van der Waals surface area contributed by atoms with Gasteiger partial charge in [0.15, 0.2) is 5.96 Å². The summed E-state index contributed by atoms with van der Waals surface area (Å²) in [4.78, 5) is 17.7. The highest BCUT2D eigenvalue weighted by Gasteiger charge is 2.18. The Bertz CT molecular complexity index is 705. The van der Waals surface area contributed by atoms with Crippen molar-refractivity contribution in [2.24, 2.45) is 12.0 Å². The van der Waals surface area contributed by atoms with E-state index < -0.39 is 0 Å². The molecule has 9 nitrogen and oxygen atoms in total. The van der Waals surface area contributed by atoms with Crippen molar-refractivity contribution in [3.8, 4) is 0 Å². The number of anilines is 1. The van der Waals surface area contributed by atoms with E-state index in [1.807, 2.05) is 23.9 Å². The fourth-order valence-corrected chi connectivity index (χ4v) is 3.11. The molecule has 3 heterocycles. The molecule has 0 spiro atoms. The fraction of sp³-hybridized carbons (Fsp3) is 0.556. The number of hydrogen-bond acceptors (Lipinski definition) is 6. The molecule has 1 aliphatic heterocycles. The molecule has 1 saturated heterocycles. The Morgan fingerprint density at radius 1 is 1.11 bits per heavy atom. The average Bonchev–Trinajstić information content (AvgIpc) is 3.13. The third-order valence-corrected chi connectivity index (χ3v) is 4.73. The van der Waals surface area contributed by atoms with E-state index >= 15 is 0 Å². The van der Waals surface area contributed by atoms with Crippen LogP contribution < -0.4 is 15.5 Å². The quantitative estimate of drug-likeness (QED) is 0.405. The molecule has 146 valence electrons. The monoisotopic (exact) mass is 371 g/mol. The lowest BCUT2D eigenvalue weighted by Crippen LogP contribution is -2.47. The molecule has 0 aliphatic carbocycles. The number of rotatable bonds is 7. The molecule has 0 aromatic carbocycles. The summed E-state index contributed by atoms with van der Waals surface area (Å²) in [6.45, 7) is 6.73. The summed E-state index contributed by atoms with van der Waals surface area (Å²) in [5.41, 5.74) is 1.12. The van der Waals surface area contributed by atoms with Crippen LogP contribution in [0, 0.1) is 0 Å². The van der Waals surface area contributed by atoms with Gasteiger partial charge in [-0.05, 0) is 25.1 Å². The standard InChI is InChI=1S/C18H29N9/c1-19-17(23-15-16-5-9-24-25(16)2)20-8-4-10-26-11-13-27(14-12-26)18-21-6-3-7-22-18/h3,5-7,9H,4,8,10-15H2,1-2H3,(H2,19,20,23). The lowest BCUT2D eigenvalue weighted by Gasteiger charge is -2.34. The first-order valence-electron chi connectivity index (χ1n) is 9.42. The van der Waals surface area contributed by atoms with Crippen LogP contribution >= 0.6 is 0 Å². The molecule has 0 radical (unpaired) electrons. The van der Waals surface area contributed by atoms with Gasteiger partial charge in [-0.2, -0.15) is 5.10 Å². The molecular formula is C18H29N9. The second-order valence-electron chi connectivity index (χ2n) is 6.53. The summed E-state index contributed by atoms with van der Waals surface area (Å²) >= 11 is 0. The van der Waals surface area contributed by atoms with Crippen molar-refractivity contribution in [1.29, 1.82) is 0 Å². The van der Waals surface area contributed by atoms with Gasteiger partial charge in [-0.25, -0.2) is 9.97 Å². The molecule has 0 atom stereocenters. The molecule has 9 heteroatoms. The van der Waals surface area contributed by atoms with Crippen LogP contribution in [0.2, 0.25) is 0 Å². The first-order chi connectivity index (χ1) is 13.3. The molecule has 1 fully saturated rings. The molecule has 3 rings (SSSR count). The number of guanidine groups is 1. The van der Waals surface area contributed by atoms with Crippen LogP contribution in [0.1, 0.15) is 12.1 Å². The summed E-state index contributed by atoms with van der Waals surface area (Å²) in [6.07, 6.45) is 6.48. The Hall–Kier alpha value is -2.68. The molecule has 0 amide bonds. The van der Waals surface area contributed by atoms with Gasteiger partial charge in [0.05, 0.1) is 12.2 Å². The minimum Gasteiger partial charge on any atom is -0.356 e. The molecule has 27 heavy (non-hydrogen) atoms. The van der Waals surface area contributed by atoms with Gasteiger partial charge >= 0.3 is 0 Å². The number of aryl methyl sites for hydroxylation is 1. The molecule has 0 saturated carbocycles. The van der Waals surface area contributed by atoms with Crippen molar-refractivity contribution in [2.75, 3.05) is 51.2 Å². The molecule has 0 bridgehead atoms. The summed E-state index contributed by atoms with van der Waals surface area (Å²) in [7, 11) is 3.74. The highest BCUT2D eigenvalue weighted by molar-refractivity contribution is 5.79. The summed E-state index contributed by atoms with van der Waals surface area (Å²) < 4.78 is 1.86. The van der Waals surface area contributed by atoms with Crippen LogP contribution in [0.5, 0.6) is 0 Å². The largest absolute Gasteiger partial charge is 0.356 e. The maximum absolute atomic E-state index is 4.33. The van der Waals surface area contributed by atoms with Gasteiger partial charge in [0, 0.05) is 65.4 Å². The lowest BCUT2D eigenvalue weighted by atomic mass is 10.3. The molecule has 2 N–H and O–H groups in total. The number of piperazine rings is 1. The van der Waals surface area contributed by atoms with Crippen molar-refractivity contribution in [2.45, 2.75) is 13.0 Å². The summed E-state index contributed by atoms with van der Waals surface area (Å²) in [6, 6.07) is 3.85. The highest BCUT2D eigenvalue weighted by atomic mass is 15.3. The summed E-state index contributed by atoms with van der Waals surface area (Å²) in [5.74, 6) is 1.66. The maximum atomic E-state index is 4.33. The van der Waals surface area contributed by atoms with Crippen molar-refractivity contribution in [3.05, 3.63) is 36.4 Å². The number of nitrogens with zero attached hydrogens (tertiary/aromatic N) is 7. The van der Waals surface area contributed by atoms with Crippen molar-refractivity contribution >= 4 is 11.9 Å². The van der Waals surface area contributed by atoms with Gasteiger partial charge in [-0.3, -0.25) is 14.6 Å². The van der Waals surface area contributed by atoms with Gasteiger partial charge < -0.3 is 15.5 Å². The van der Waals surface area contributed by atoms with Gasteiger partial charge in [-0.15, -0.1) is 0 Å². The smallest absolute Gasteiger partial charge is 0.225 e. The molecule has 1 aliphatic rings. The first-order valence-corrected chi connectivity index (χ1v) is 9.42. The molecule has 0 unspecified atom stereocenters. The zero-order valence-electron chi connectivity index (χ0n) is 16.2. The minimum absolute atomic E-state index is 0.708. The predicted octanol–water partition coefficient (Wildman–Crippen LogP) is 0.0874. The van der Waals surface area contributed by atoms with Gasteiger partial charge in [0.2, 0.25) is 5.95 Å². The average molecular weight is 371 g/mol. The minimum atomic E-state index is 0.708. The van der Waals surface area contributed by atoms with Crippen molar-refractivity contribution in [1.82, 2.24) is 35.3 Å². The maximum Gasteiger partial charge on any atom is 0.225 e. The molecule has 2 aromatic heterocycles. The van der Waals surface area contributed by atoms with Crippen LogP contribution in [0.15, 0.2) is 35.7 Å². The lowest BCUT2D eigenvalue weighted by molar-refractivity contribution is 0.254. The first kappa shape index (κ1) is 19.1. The number of nitrogens with one attached hydrogen (secondary N) is 2. The van der Waals surface area contributed by atoms with E-state index in [1.165, 1.54) is 0 Å². The third kappa shape index (κ3) is 5.65. The van der Waals surface area contributed by atoms with E-state index in [-0.39, 0.29) is 0 Å².